The Balaban J connectivity index is 1.47. The SMILES string of the molecule is CCC1(c2ccccc2)NC(=O)N(CC(=O)Nc2cccc(S(=O)(=O)N3CCOCC3)c2)C1=O. The van der Waals surface area contributed by atoms with E-state index >= 15 is 0 Å². The van der Waals surface area contributed by atoms with Crippen molar-refractivity contribution in [1.29, 1.82) is 0 Å². The first kappa shape index (κ1) is 23.9. The van der Waals surface area contributed by atoms with Crippen LogP contribution in [0.3, 0.4) is 0 Å². The fraction of sp³-hybridized carbons (Fsp3) is 0.348. The lowest BCUT2D eigenvalue weighted by molar-refractivity contribution is -0.134. The fourth-order valence-electron chi connectivity index (χ4n) is 4.15. The molecule has 10 nitrogen and oxygen atoms in total. The second-order valence-electron chi connectivity index (χ2n) is 8.04. The lowest BCUT2D eigenvalue weighted by atomic mass is 9.87. The van der Waals surface area contributed by atoms with Gasteiger partial charge < -0.3 is 15.4 Å². The second kappa shape index (κ2) is 9.53. The molecule has 1 atom stereocenters. The van der Waals surface area contributed by atoms with Crippen LogP contribution in [0.15, 0.2) is 59.5 Å². The summed E-state index contributed by atoms with van der Waals surface area (Å²) in [4.78, 5) is 39.4. The van der Waals surface area contributed by atoms with E-state index in [0.29, 0.717) is 25.2 Å². The molecule has 2 aromatic carbocycles. The zero-order chi connectivity index (χ0) is 24.3. The van der Waals surface area contributed by atoms with Crippen LogP contribution in [-0.4, -0.2) is 68.3 Å². The van der Waals surface area contributed by atoms with Crippen molar-refractivity contribution < 1.29 is 27.5 Å². The van der Waals surface area contributed by atoms with E-state index in [-0.39, 0.29) is 23.7 Å². The summed E-state index contributed by atoms with van der Waals surface area (Å²) in [5.74, 6) is -1.13. The predicted octanol–water partition coefficient (Wildman–Crippen LogP) is 1.50. The van der Waals surface area contributed by atoms with Gasteiger partial charge in [0, 0.05) is 18.8 Å². The summed E-state index contributed by atoms with van der Waals surface area (Å²) in [5.41, 5.74) is -0.346. The first-order valence-electron chi connectivity index (χ1n) is 11.0. The van der Waals surface area contributed by atoms with Gasteiger partial charge >= 0.3 is 6.03 Å². The summed E-state index contributed by atoms with van der Waals surface area (Å²) in [5, 5.41) is 5.32. The number of imide groups is 1. The Hall–Kier alpha value is -3.28. The quantitative estimate of drug-likeness (QED) is 0.572. The van der Waals surface area contributed by atoms with E-state index in [4.69, 9.17) is 4.74 Å². The van der Waals surface area contributed by atoms with Crippen LogP contribution in [0.25, 0.3) is 0 Å². The molecule has 2 aliphatic rings. The molecule has 11 heteroatoms. The number of nitrogens with one attached hydrogen (secondary N) is 2. The summed E-state index contributed by atoms with van der Waals surface area (Å²) >= 11 is 0. The van der Waals surface area contributed by atoms with Crippen molar-refractivity contribution >= 4 is 33.6 Å². The van der Waals surface area contributed by atoms with Crippen molar-refractivity contribution in [2.45, 2.75) is 23.8 Å². The third-order valence-electron chi connectivity index (χ3n) is 6.00. The zero-order valence-electron chi connectivity index (χ0n) is 18.7. The molecule has 4 amide bonds. The molecule has 0 aliphatic carbocycles. The molecule has 0 radical (unpaired) electrons. The van der Waals surface area contributed by atoms with Gasteiger partial charge in [-0.25, -0.2) is 13.2 Å². The number of rotatable bonds is 7. The number of benzene rings is 2. The van der Waals surface area contributed by atoms with Gasteiger partial charge in [0.25, 0.3) is 5.91 Å². The van der Waals surface area contributed by atoms with Crippen molar-refractivity contribution in [3.63, 3.8) is 0 Å². The number of carbonyl (C=O) groups is 3. The minimum Gasteiger partial charge on any atom is -0.379 e. The summed E-state index contributed by atoms with van der Waals surface area (Å²) in [7, 11) is -3.74. The molecule has 4 rings (SSSR count). The van der Waals surface area contributed by atoms with E-state index in [1.54, 1.807) is 37.3 Å². The van der Waals surface area contributed by atoms with E-state index in [0.717, 1.165) is 4.90 Å². The molecule has 0 bridgehead atoms. The maximum atomic E-state index is 13.2. The van der Waals surface area contributed by atoms with E-state index < -0.39 is 40.0 Å². The molecule has 2 fully saturated rings. The first-order chi connectivity index (χ1) is 16.3. The topological polar surface area (TPSA) is 125 Å². The second-order valence-corrected chi connectivity index (χ2v) is 9.98. The monoisotopic (exact) mass is 486 g/mol. The number of nitrogens with zero attached hydrogens (tertiary/aromatic N) is 2. The van der Waals surface area contributed by atoms with Gasteiger partial charge in [-0.1, -0.05) is 43.3 Å². The van der Waals surface area contributed by atoms with Crippen LogP contribution in [0.4, 0.5) is 10.5 Å². The fourth-order valence-corrected chi connectivity index (χ4v) is 5.60. The number of ether oxygens (including phenoxy) is 1. The maximum Gasteiger partial charge on any atom is 0.325 e. The third kappa shape index (κ3) is 4.41. The predicted molar refractivity (Wildman–Crippen MR) is 123 cm³/mol. The van der Waals surface area contributed by atoms with Gasteiger partial charge in [-0.15, -0.1) is 0 Å². The minimum atomic E-state index is -3.74. The van der Waals surface area contributed by atoms with Gasteiger partial charge in [-0.3, -0.25) is 14.5 Å². The highest BCUT2D eigenvalue weighted by molar-refractivity contribution is 7.89. The van der Waals surface area contributed by atoms with Crippen LogP contribution in [0.2, 0.25) is 0 Å². The molecule has 2 saturated heterocycles. The number of anilines is 1. The smallest absolute Gasteiger partial charge is 0.325 e. The van der Waals surface area contributed by atoms with Crippen molar-refractivity contribution in [2.24, 2.45) is 0 Å². The van der Waals surface area contributed by atoms with Gasteiger partial charge in [0.1, 0.15) is 12.1 Å². The Labute approximate surface area is 197 Å². The summed E-state index contributed by atoms with van der Waals surface area (Å²) in [6, 6.07) is 14.1. The van der Waals surface area contributed by atoms with E-state index in [2.05, 4.69) is 10.6 Å². The van der Waals surface area contributed by atoms with E-state index in [9.17, 15) is 22.8 Å². The van der Waals surface area contributed by atoms with E-state index in [1.807, 2.05) is 6.07 Å². The summed E-state index contributed by atoms with van der Waals surface area (Å²) < 4.78 is 32.3. The Morgan fingerprint density at radius 1 is 1.09 bits per heavy atom. The van der Waals surface area contributed by atoms with Gasteiger partial charge in [-0.2, -0.15) is 4.31 Å². The lowest BCUT2D eigenvalue weighted by Crippen LogP contribution is -2.44. The molecule has 180 valence electrons. The summed E-state index contributed by atoms with van der Waals surface area (Å²) in [6.45, 7) is 2.44. The Morgan fingerprint density at radius 2 is 1.79 bits per heavy atom. The molecule has 2 N–H and O–H groups in total. The molecule has 0 spiro atoms. The number of sulfonamides is 1. The maximum absolute atomic E-state index is 13.2. The minimum absolute atomic E-state index is 0.0382. The molecule has 34 heavy (non-hydrogen) atoms. The Bertz CT molecular complexity index is 1200. The Kier molecular flexibility index (Phi) is 6.69. The molecule has 2 aromatic rings. The van der Waals surface area contributed by atoms with Crippen LogP contribution in [0, 0.1) is 0 Å². The highest BCUT2D eigenvalue weighted by atomic mass is 32.2. The van der Waals surface area contributed by atoms with Gasteiger partial charge in [0.15, 0.2) is 0 Å². The van der Waals surface area contributed by atoms with Crippen LogP contribution < -0.4 is 10.6 Å². The lowest BCUT2D eigenvalue weighted by Gasteiger charge is -2.26. The number of carbonyl (C=O) groups excluding carboxylic acids is 3. The number of hydrogen-bond acceptors (Lipinski definition) is 6. The first-order valence-corrected chi connectivity index (χ1v) is 12.4. The van der Waals surface area contributed by atoms with Crippen molar-refractivity contribution in [3.8, 4) is 0 Å². The van der Waals surface area contributed by atoms with Gasteiger partial charge in [-0.05, 0) is 30.2 Å². The van der Waals surface area contributed by atoms with Crippen molar-refractivity contribution in [3.05, 3.63) is 60.2 Å². The highest BCUT2D eigenvalue weighted by Gasteiger charge is 2.51. The largest absolute Gasteiger partial charge is 0.379 e. The standard InChI is InChI=1S/C23H26N4O6S/c1-2-23(17-7-4-3-5-8-17)21(29)27(22(30)25-23)16-20(28)24-18-9-6-10-19(15-18)34(31,32)26-11-13-33-14-12-26/h3-10,15H,2,11-14,16H2,1H3,(H,24,28)(H,25,30). The number of morpholine rings is 1. The van der Waals surface area contributed by atoms with Crippen LogP contribution in [-0.2, 0) is 29.9 Å². The van der Waals surface area contributed by atoms with E-state index in [1.165, 1.54) is 22.5 Å². The normalized spacial score (nSPS) is 21.4. The van der Waals surface area contributed by atoms with Gasteiger partial charge in [0.05, 0.1) is 18.1 Å². The zero-order valence-corrected chi connectivity index (χ0v) is 19.5. The molecule has 2 heterocycles. The molecule has 0 saturated carbocycles. The molecular weight excluding hydrogens is 460 g/mol. The van der Waals surface area contributed by atoms with Crippen LogP contribution >= 0.6 is 0 Å². The van der Waals surface area contributed by atoms with Crippen LogP contribution in [0.1, 0.15) is 18.9 Å². The van der Waals surface area contributed by atoms with Gasteiger partial charge in [0.2, 0.25) is 15.9 Å². The average Bonchev–Trinajstić information content (AvgIpc) is 3.10. The third-order valence-corrected chi connectivity index (χ3v) is 7.89. The van der Waals surface area contributed by atoms with Crippen molar-refractivity contribution in [2.75, 3.05) is 38.2 Å². The molecule has 1 unspecified atom stereocenters. The van der Waals surface area contributed by atoms with Crippen LogP contribution in [0.5, 0.6) is 0 Å². The molecular formula is C23H26N4O6S. The average molecular weight is 487 g/mol. The summed E-state index contributed by atoms with van der Waals surface area (Å²) in [6.07, 6.45) is 0.321. The Morgan fingerprint density at radius 3 is 2.47 bits per heavy atom. The molecule has 0 aromatic heterocycles. The van der Waals surface area contributed by atoms with Crippen molar-refractivity contribution in [1.82, 2.24) is 14.5 Å². The number of urea groups is 1. The molecule has 2 aliphatic heterocycles. The number of amides is 4. The highest BCUT2D eigenvalue weighted by Crippen LogP contribution is 2.32. The number of hydrogen-bond donors (Lipinski definition) is 2.